The topological polar surface area (TPSA) is 113 Å². The smallest absolute Gasteiger partial charge is 0.404 e. The number of nitrogens with one attached hydrogen (secondary N) is 2. The van der Waals surface area contributed by atoms with Crippen LogP contribution in [-0.2, 0) is 0 Å². The molecular weight excluding hydrogens is 148 g/mol. The Morgan fingerprint density at radius 1 is 1.64 bits per heavy atom. The maximum absolute atomic E-state index is 9.59. The zero-order chi connectivity index (χ0) is 9.11. The highest BCUT2D eigenvalue weighted by Gasteiger charge is 1.86. The zero-order valence-corrected chi connectivity index (χ0v) is 6.63. The van der Waals surface area contributed by atoms with Gasteiger partial charge in [-0.15, -0.1) is 0 Å². The number of carbonyl (C=O) groups is 1. The summed E-state index contributed by atoms with van der Waals surface area (Å²) >= 11 is 0. The van der Waals surface area contributed by atoms with Gasteiger partial charge in [0.15, 0.2) is 0 Å². The van der Waals surface area contributed by atoms with Crippen molar-refractivity contribution in [2.24, 2.45) is 11.6 Å². The Bertz CT molecular complexity index is 86.6. The van der Waals surface area contributed by atoms with Crippen LogP contribution in [0.15, 0.2) is 0 Å². The largest absolute Gasteiger partial charge is 0.465 e. The summed E-state index contributed by atoms with van der Waals surface area (Å²) in [5.74, 6) is 4.78. The van der Waals surface area contributed by atoms with Crippen LogP contribution < -0.4 is 22.3 Å². The molecule has 11 heavy (non-hydrogen) atoms. The molecule has 0 unspecified atom stereocenters. The molecule has 0 saturated heterocycles. The van der Waals surface area contributed by atoms with E-state index < -0.39 is 6.09 Å². The lowest BCUT2D eigenvalue weighted by Crippen LogP contribution is -2.27. The monoisotopic (exact) mass is 164 g/mol. The number of carboxylic acid groups (broad SMARTS) is 1. The Kier molecular flexibility index (Phi) is 13.8. The van der Waals surface area contributed by atoms with Crippen molar-refractivity contribution in [1.29, 1.82) is 0 Å². The Morgan fingerprint density at radius 2 is 2.09 bits per heavy atom. The molecule has 7 N–H and O–H groups in total. The molecular formula is C5H16N4O2. The number of rotatable bonds is 3. The molecule has 68 valence electrons. The maximum atomic E-state index is 9.59. The Balaban J connectivity index is 0. The van der Waals surface area contributed by atoms with Crippen molar-refractivity contribution in [1.82, 2.24) is 10.7 Å². The zero-order valence-electron chi connectivity index (χ0n) is 6.63. The van der Waals surface area contributed by atoms with Crippen LogP contribution in [0.5, 0.6) is 0 Å². The molecule has 0 aliphatic carbocycles. The minimum absolute atomic E-state index is 0.329. The third-order valence-corrected chi connectivity index (χ3v) is 0.625. The standard InChI is InChI=1S/C3H8N2O2.C2H8N2/c4-1-2-5-3(6)7;1-2-4-3/h5H,1-2,4H2,(H,6,7);4H,2-3H2,1H3. The maximum Gasteiger partial charge on any atom is 0.404 e. The number of hydrogen-bond donors (Lipinski definition) is 5. The van der Waals surface area contributed by atoms with E-state index in [-0.39, 0.29) is 0 Å². The summed E-state index contributed by atoms with van der Waals surface area (Å²) in [5, 5.41) is 9.96. The van der Waals surface area contributed by atoms with Gasteiger partial charge in [0, 0.05) is 19.6 Å². The average Bonchev–Trinajstić information content (AvgIpc) is 2.01. The van der Waals surface area contributed by atoms with Crippen molar-refractivity contribution < 1.29 is 9.90 Å². The van der Waals surface area contributed by atoms with Gasteiger partial charge in [0.25, 0.3) is 0 Å². The SMILES string of the molecule is CCNN.NCCNC(=O)O. The lowest BCUT2D eigenvalue weighted by molar-refractivity contribution is 0.195. The highest BCUT2D eigenvalue weighted by atomic mass is 16.4. The van der Waals surface area contributed by atoms with Crippen molar-refractivity contribution in [3.05, 3.63) is 0 Å². The van der Waals surface area contributed by atoms with Gasteiger partial charge in [0.05, 0.1) is 0 Å². The van der Waals surface area contributed by atoms with Gasteiger partial charge in [0.2, 0.25) is 0 Å². The van der Waals surface area contributed by atoms with Gasteiger partial charge in [0.1, 0.15) is 0 Å². The lowest BCUT2D eigenvalue weighted by Gasteiger charge is -1.92. The molecule has 6 heteroatoms. The minimum Gasteiger partial charge on any atom is -0.465 e. The first-order valence-electron chi connectivity index (χ1n) is 3.29. The normalized spacial score (nSPS) is 7.91. The molecule has 0 radical (unpaired) electrons. The fourth-order valence-corrected chi connectivity index (χ4v) is 0.179. The number of hydrazine groups is 1. The summed E-state index contributed by atoms with van der Waals surface area (Å²) in [5.41, 5.74) is 7.38. The van der Waals surface area contributed by atoms with E-state index in [1.807, 2.05) is 6.92 Å². The van der Waals surface area contributed by atoms with E-state index in [1.165, 1.54) is 0 Å². The highest BCUT2D eigenvalue weighted by molar-refractivity contribution is 5.64. The van der Waals surface area contributed by atoms with Crippen molar-refractivity contribution in [3.8, 4) is 0 Å². The molecule has 0 saturated carbocycles. The Hall–Kier alpha value is -0.850. The third kappa shape index (κ3) is 27.2. The molecule has 1 amide bonds. The number of hydrogen-bond acceptors (Lipinski definition) is 4. The van der Waals surface area contributed by atoms with Crippen molar-refractivity contribution in [3.63, 3.8) is 0 Å². The molecule has 0 spiro atoms. The van der Waals surface area contributed by atoms with Crippen LogP contribution in [0.25, 0.3) is 0 Å². The summed E-state index contributed by atoms with van der Waals surface area (Å²) in [6.07, 6.45) is -1.02. The summed E-state index contributed by atoms with van der Waals surface area (Å²) in [6.45, 7) is 3.47. The first kappa shape index (κ1) is 12.8. The second-order valence-electron chi connectivity index (χ2n) is 1.58. The second kappa shape index (κ2) is 11.9. The molecule has 0 aliphatic heterocycles. The van der Waals surface area contributed by atoms with Crippen LogP contribution in [-0.4, -0.2) is 30.8 Å². The van der Waals surface area contributed by atoms with Crippen LogP contribution in [0.4, 0.5) is 4.79 Å². The minimum atomic E-state index is -1.02. The predicted octanol–water partition coefficient (Wildman–Crippen LogP) is -1.32. The van der Waals surface area contributed by atoms with E-state index in [0.717, 1.165) is 6.54 Å². The van der Waals surface area contributed by atoms with Gasteiger partial charge in [-0.3, -0.25) is 11.3 Å². The van der Waals surface area contributed by atoms with Crippen LogP contribution in [0.3, 0.4) is 0 Å². The molecule has 0 aliphatic rings. The summed E-state index contributed by atoms with van der Waals surface area (Å²) in [7, 11) is 0. The van der Waals surface area contributed by atoms with E-state index in [0.29, 0.717) is 13.1 Å². The Morgan fingerprint density at radius 3 is 2.18 bits per heavy atom. The van der Waals surface area contributed by atoms with E-state index in [2.05, 4.69) is 10.7 Å². The van der Waals surface area contributed by atoms with Crippen LogP contribution in [0.1, 0.15) is 6.92 Å². The van der Waals surface area contributed by atoms with Crippen LogP contribution in [0.2, 0.25) is 0 Å². The summed E-state index contributed by atoms with van der Waals surface area (Å²) in [6, 6.07) is 0. The van der Waals surface area contributed by atoms with Crippen molar-refractivity contribution >= 4 is 6.09 Å². The fourth-order valence-electron chi connectivity index (χ4n) is 0.179. The molecule has 0 atom stereocenters. The molecule has 0 fully saturated rings. The van der Waals surface area contributed by atoms with E-state index in [4.69, 9.17) is 16.7 Å². The number of amides is 1. The van der Waals surface area contributed by atoms with Gasteiger partial charge in [-0.05, 0) is 0 Å². The third-order valence-electron chi connectivity index (χ3n) is 0.625. The van der Waals surface area contributed by atoms with Gasteiger partial charge >= 0.3 is 6.09 Å². The first-order valence-corrected chi connectivity index (χ1v) is 3.29. The van der Waals surface area contributed by atoms with Crippen LogP contribution in [0, 0.1) is 0 Å². The predicted molar refractivity (Wildman–Crippen MR) is 42.9 cm³/mol. The molecule has 0 heterocycles. The van der Waals surface area contributed by atoms with Gasteiger partial charge < -0.3 is 16.2 Å². The fraction of sp³-hybridized carbons (Fsp3) is 0.800. The molecule has 0 aromatic carbocycles. The summed E-state index contributed by atoms with van der Waals surface area (Å²) < 4.78 is 0. The van der Waals surface area contributed by atoms with E-state index in [1.54, 1.807) is 0 Å². The van der Waals surface area contributed by atoms with Gasteiger partial charge in [-0.1, -0.05) is 6.92 Å². The average molecular weight is 164 g/mol. The quantitative estimate of drug-likeness (QED) is 0.262. The van der Waals surface area contributed by atoms with Crippen molar-refractivity contribution in [2.75, 3.05) is 19.6 Å². The molecule has 6 nitrogen and oxygen atoms in total. The van der Waals surface area contributed by atoms with E-state index in [9.17, 15) is 4.79 Å². The van der Waals surface area contributed by atoms with E-state index >= 15 is 0 Å². The van der Waals surface area contributed by atoms with Gasteiger partial charge in [-0.2, -0.15) is 0 Å². The second-order valence-corrected chi connectivity index (χ2v) is 1.58. The molecule has 0 bridgehead atoms. The molecule has 0 aromatic heterocycles. The van der Waals surface area contributed by atoms with Crippen molar-refractivity contribution in [2.45, 2.75) is 6.92 Å². The summed E-state index contributed by atoms with van der Waals surface area (Å²) in [4.78, 5) is 9.59. The Labute approximate surface area is 65.9 Å². The lowest BCUT2D eigenvalue weighted by atomic mass is 10.7. The van der Waals surface area contributed by atoms with Gasteiger partial charge in [-0.25, -0.2) is 4.79 Å². The first-order chi connectivity index (χ1) is 5.18. The highest BCUT2D eigenvalue weighted by Crippen LogP contribution is 1.54. The molecule has 0 aromatic rings. The molecule has 0 rings (SSSR count). The van der Waals surface area contributed by atoms with Crippen LogP contribution >= 0.6 is 0 Å². The number of nitrogens with two attached hydrogens (primary N) is 2.